The molecular weight excluding hydrogens is 270 g/mol. The van der Waals surface area contributed by atoms with Gasteiger partial charge in [-0.25, -0.2) is 4.79 Å². The van der Waals surface area contributed by atoms with Crippen molar-refractivity contribution >= 4 is 5.97 Å². The van der Waals surface area contributed by atoms with Crippen LogP contribution in [0, 0.1) is 0 Å². The summed E-state index contributed by atoms with van der Waals surface area (Å²) in [5, 5.41) is 3.14. The number of hydrogen-bond acceptors (Lipinski definition) is 5. The molecule has 0 radical (unpaired) electrons. The van der Waals surface area contributed by atoms with Gasteiger partial charge < -0.3 is 14.2 Å². The molecule has 1 N–H and O–H groups in total. The lowest BCUT2D eigenvalue weighted by molar-refractivity contribution is -0.145. The molecule has 0 heterocycles. The molecule has 0 amide bonds. The average Bonchev–Trinajstić information content (AvgIpc) is 2.44. The normalized spacial score (nSPS) is 12.2. The first-order valence-corrected chi connectivity index (χ1v) is 7.24. The predicted octanol–water partition coefficient (Wildman–Crippen LogP) is 2.31. The molecule has 5 nitrogen and oxygen atoms in total. The molecular formula is C16H25NO4. The van der Waals surface area contributed by atoms with E-state index in [1.807, 2.05) is 38.1 Å². The number of esters is 1. The molecule has 21 heavy (non-hydrogen) atoms. The number of carbonyl (C=O) groups is 1. The number of methoxy groups -OCH3 is 1. The Morgan fingerprint density at radius 2 is 1.90 bits per heavy atom. The van der Waals surface area contributed by atoms with E-state index in [1.54, 1.807) is 14.0 Å². The monoisotopic (exact) mass is 295 g/mol. The van der Waals surface area contributed by atoms with E-state index >= 15 is 0 Å². The van der Waals surface area contributed by atoms with E-state index in [9.17, 15) is 4.79 Å². The van der Waals surface area contributed by atoms with Crippen molar-refractivity contribution in [1.82, 2.24) is 5.32 Å². The summed E-state index contributed by atoms with van der Waals surface area (Å²) in [6.45, 7) is 7.21. The van der Waals surface area contributed by atoms with Crippen LogP contribution >= 0.6 is 0 Å². The number of rotatable bonds is 9. The fourth-order valence-corrected chi connectivity index (χ4v) is 1.88. The molecule has 0 saturated carbocycles. The molecule has 0 spiro atoms. The predicted molar refractivity (Wildman–Crippen MR) is 81.5 cm³/mol. The number of ether oxygens (including phenoxy) is 3. The number of benzene rings is 1. The van der Waals surface area contributed by atoms with E-state index in [1.165, 1.54) is 0 Å². The molecule has 0 aliphatic carbocycles. The van der Waals surface area contributed by atoms with Gasteiger partial charge in [-0.2, -0.15) is 0 Å². The van der Waals surface area contributed by atoms with Crippen LogP contribution in [-0.4, -0.2) is 38.9 Å². The van der Waals surface area contributed by atoms with Gasteiger partial charge in [0.05, 0.1) is 19.3 Å². The molecule has 0 aromatic heterocycles. The van der Waals surface area contributed by atoms with Crippen LogP contribution in [0.3, 0.4) is 0 Å². The molecule has 0 aliphatic heterocycles. The second-order valence-corrected chi connectivity index (χ2v) is 4.87. The Balaban J connectivity index is 2.78. The lowest BCUT2D eigenvalue weighted by Crippen LogP contribution is -2.32. The lowest BCUT2D eigenvalue weighted by Gasteiger charge is -2.18. The van der Waals surface area contributed by atoms with E-state index < -0.39 is 6.04 Å². The lowest BCUT2D eigenvalue weighted by atomic mass is 10.1. The summed E-state index contributed by atoms with van der Waals surface area (Å²) < 4.78 is 15.7. The molecule has 1 aromatic rings. The summed E-state index contributed by atoms with van der Waals surface area (Å²) >= 11 is 0. The summed E-state index contributed by atoms with van der Waals surface area (Å²) in [7, 11) is 1.62. The number of carbonyl (C=O) groups excluding carboxylic acids is 1. The van der Waals surface area contributed by atoms with Crippen molar-refractivity contribution in [3.8, 4) is 5.75 Å². The van der Waals surface area contributed by atoms with Gasteiger partial charge in [-0.05, 0) is 38.5 Å². The van der Waals surface area contributed by atoms with Crippen LogP contribution in [0.1, 0.15) is 32.4 Å². The van der Waals surface area contributed by atoms with Crippen molar-refractivity contribution in [2.75, 3.05) is 26.9 Å². The molecule has 1 atom stereocenters. The summed E-state index contributed by atoms with van der Waals surface area (Å²) in [6, 6.07) is 6.98. The van der Waals surface area contributed by atoms with Crippen molar-refractivity contribution in [3.05, 3.63) is 29.8 Å². The fourth-order valence-electron chi connectivity index (χ4n) is 1.88. The quantitative estimate of drug-likeness (QED) is 0.559. The van der Waals surface area contributed by atoms with Crippen LogP contribution in [-0.2, 0) is 14.3 Å². The minimum absolute atomic E-state index is 0.122. The van der Waals surface area contributed by atoms with E-state index in [4.69, 9.17) is 14.2 Å². The van der Waals surface area contributed by atoms with Crippen molar-refractivity contribution in [1.29, 1.82) is 0 Å². The van der Waals surface area contributed by atoms with E-state index in [2.05, 4.69) is 5.32 Å². The Labute approximate surface area is 126 Å². The summed E-state index contributed by atoms with van der Waals surface area (Å²) in [5.74, 6) is 0.499. The van der Waals surface area contributed by atoms with Gasteiger partial charge in [0.15, 0.2) is 0 Å². The molecule has 0 fully saturated rings. The van der Waals surface area contributed by atoms with Crippen LogP contribution in [0.5, 0.6) is 5.75 Å². The molecule has 118 valence electrons. The standard InChI is InChI=1S/C16H25NO4/c1-5-20-16(18)15(17-10-11-19-4)13-6-8-14(9-7-13)21-12(2)3/h6-9,12,15,17H,5,10-11H2,1-4H3. The Bertz CT molecular complexity index is 417. The van der Waals surface area contributed by atoms with E-state index in [-0.39, 0.29) is 12.1 Å². The molecule has 0 saturated heterocycles. The van der Waals surface area contributed by atoms with Gasteiger partial charge in [-0.15, -0.1) is 0 Å². The maximum atomic E-state index is 12.0. The van der Waals surface area contributed by atoms with Gasteiger partial charge in [0, 0.05) is 13.7 Å². The topological polar surface area (TPSA) is 56.8 Å². The summed E-state index contributed by atoms with van der Waals surface area (Å²) in [5.41, 5.74) is 0.848. The Morgan fingerprint density at radius 3 is 2.43 bits per heavy atom. The molecule has 1 rings (SSSR count). The molecule has 1 aromatic carbocycles. The van der Waals surface area contributed by atoms with Crippen LogP contribution in [0.4, 0.5) is 0 Å². The highest BCUT2D eigenvalue weighted by Crippen LogP contribution is 2.20. The van der Waals surface area contributed by atoms with Crippen molar-refractivity contribution < 1.29 is 19.0 Å². The second-order valence-electron chi connectivity index (χ2n) is 4.87. The first-order valence-electron chi connectivity index (χ1n) is 7.24. The van der Waals surface area contributed by atoms with E-state index in [0.717, 1.165) is 11.3 Å². The zero-order valence-corrected chi connectivity index (χ0v) is 13.2. The summed E-state index contributed by atoms with van der Waals surface area (Å²) in [4.78, 5) is 12.0. The largest absolute Gasteiger partial charge is 0.491 e. The number of hydrogen-bond donors (Lipinski definition) is 1. The Morgan fingerprint density at radius 1 is 1.24 bits per heavy atom. The van der Waals surface area contributed by atoms with Crippen molar-refractivity contribution in [2.24, 2.45) is 0 Å². The third-order valence-corrected chi connectivity index (χ3v) is 2.76. The minimum atomic E-state index is -0.492. The number of nitrogens with one attached hydrogen (secondary N) is 1. The molecule has 0 aliphatic rings. The van der Waals surface area contributed by atoms with Gasteiger partial charge in [-0.1, -0.05) is 12.1 Å². The maximum Gasteiger partial charge on any atom is 0.327 e. The van der Waals surface area contributed by atoms with Crippen LogP contribution in [0.2, 0.25) is 0 Å². The smallest absolute Gasteiger partial charge is 0.327 e. The molecule has 0 bridgehead atoms. The highest BCUT2D eigenvalue weighted by Gasteiger charge is 2.21. The zero-order valence-electron chi connectivity index (χ0n) is 13.2. The second kappa shape index (κ2) is 9.37. The van der Waals surface area contributed by atoms with Gasteiger partial charge in [0.2, 0.25) is 0 Å². The first-order chi connectivity index (χ1) is 10.1. The molecule has 1 unspecified atom stereocenters. The third-order valence-electron chi connectivity index (χ3n) is 2.76. The minimum Gasteiger partial charge on any atom is -0.491 e. The van der Waals surface area contributed by atoms with E-state index in [0.29, 0.717) is 19.8 Å². The van der Waals surface area contributed by atoms with Crippen LogP contribution in [0.15, 0.2) is 24.3 Å². The zero-order chi connectivity index (χ0) is 15.7. The van der Waals surface area contributed by atoms with Gasteiger partial charge in [0.1, 0.15) is 11.8 Å². The van der Waals surface area contributed by atoms with Crippen molar-refractivity contribution in [2.45, 2.75) is 32.9 Å². The highest BCUT2D eigenvalue weighted by molar-refractivity contribution is 5.77. The van der Waals surface area contributed by atoms with Crippen LogP contribution in [0.25, 0.3) is 0 Å². The Kier molecular flexibility index (Phi) is 7.79. The third kappa shape index (κ3) is 6.14. The average molecular weight is 295 g/mol. The van der Waals surface area contributed by atoms with Crippen molar-refractivity contribution in [3.63, 3.8) is 0 Å². The fraction of sp³-hybridized carbons (Fsp3) is 0.562. The van der Waals surface area contributed by atoms with Gasteiger partial charge in [-0.3, -0.25) is 5.32 Å². The molecule has 5 heteroatoms. The van der Waals surface area contributed by atoms with Gasteiger partial charge in [0.25, 0.3) is 0 Å². The first kappa shape index (κ1) is 17.5. The maximum absolute atomic E-state index is 12.0. The SMILES string of the molecule is CCOC(=O)C(NCCOC)c1ccc(OC(C)C)cc1. The van der Waals surface area contributed by atoms with Gasteiger partial charge >= 0.3 is 5.97 Å². The van der Waals surface area contributed by atoms with Crippen LogP contribution < -0.4 is 10.1 Å². The highest BCUT2D eigenvalue weighted by atomic mass is 16.5. The Hall–Kier alpha value is -1.59. The summed E-state index contributed by atoms with van der Waals surface area (Å²) in [6.07, 6.45) is 0.122.